The molecule has 4 nitrogen and oxygen atoms in total. The second kappa shape index (κ2) is 3.63. The van der Waals surface area contributed by atoms with E-state index < -0.39 is 0 Å². The van der Waals surface area contributed by atoms with Gasteiger partial charge in [-0.05, 0) is 20.8 Å². The molecule has 2 aromatic rings. The summed E-state index contributed by atoms with van der Waals surface area (Å²) in [6.07, 6.45) is 1.74. The molecule has 86 valence electrons. The van der Waals surface area contributed by atoms with E-state index >= 15 is 0 Å². The maximum atomic E-state index is 5.95. The van der Waals surface area contributed by atoms with Crippen molar-refractivity contribution in [2.45, 2.75) is 26.4 Å². The summed E-state index contributed by atoms with van der Waals surface area (Å²) < 4.78 is 7.51. The molecule has 0 aromatic carbocycles. The van der Waals surface area contributed by atoms with Crippen molar-refractivity contribution >= 4 is 22.6 Å². The number of ether oxygens (including phenoxy) is 1. The lowest BCUT2D eigenvalue weighted by atomic mass is 10.2. The lowest BCUT2D eigenvalue weighted by Crippen LogP contribution is -2.23. The van der Waals surface area contributed by atoms with Crippen LogP contribution in [0.15, 0.2) is 12.3 Å². The molecule has 2 heterocycles. The van der Waals surface area contributed by atoms with Crippen LogP contribution < -0.4 is 4.74 Å². The van der Waals surface area contributed by atoms with Crippen LogP contribution >= 0.6 is 11.6 Å². The number of hydrogen-bond acceptors (Lipinski definition) is 3. The van der Waals surface area contributed by atoms with Crippen LogP contribution in [0.25, 0.3) is 11.0 Å². The van der Waals surface area contributed by atoms with Crippen LogP contribution in [0.4, 0.5) is 0 Å². The number of halogens is 1. The van der Waals surface area contributed by atoms with Crippen molar-refractivity contribution in [3.8, 4) is 5.75 Å². The first-order chi connectivity index (χ1) is 7.37. The van der Waals surface area contributed by atoms with Crippen molar-refractivity contribution in [1.29, 1.82) is 0 Å². The third kappa shape index (κ3) is 2.11. The van der Waals surface area contributed by atoms with Gasteiger partial charge in [0.15, 0.2) is 5.65 Å². The number of fused-ring (bicyclic) bond motifs is 1. The van der Waals surface area contributed by atoms with Crippen molar-refractivity contribution in [2.75, 3.05) is 0 Å². The Morgan fingerprint density at radius 1 is 1.38 bits per heavy atom. The minimum Gasteiger partial charge on any atom is -0.487 e. The van der Waals surface area contributed by atoms with Crippen LogP contribution in [-0.4, -0.2) is 20.4 Å². The molecule has 0 atom stereocenters. The summed E-state index contributed by atoms with van der Waals surface area (Å²) in [6, 6.07) is 1.72. The lowest BCUT2D eigenvalue weighted by molar-refractivity contribution is 0.133. The van der Waals surface area contributed by atoms with E-state index in [1.165, 1.54) is 0 Å². The van der Waals surface area contributed by atoms with E-state index in [1.807, 2.05) is 27.8 Å². The summed E-state index contributed by atoms with van der Waals surface area (Å²) in [7, 11) is 1.83. The molecule has 0 aliphatic heterocycles. The van der Waals surface area contributed by atoms with Crippen LogP contribution in [0, 0.1) is 0 Å². The van der Waals surface area contributed by atoms with Crippen LogP contribution in [0.1, 0.15) is 20.8 Å². The first-order valence-corrected chi connectivity index (χ1v) is 5.42. The molecule has 0 unspecified atom stereocenters. The van der Waals surface area contributed by atoms with Crippen molar-refractivity contribution < 1.29 is 4.74 Å². The van der Waals surface area contributed by atoms with Gasteiger partial charge in [0.1, 0.15) is 16.5 Å². The zero-order chi connectivity index (χ0) is 11.9. The third-order valence-corrected chi connectivity index (χ3v) is 2.25. The van der Waals surface area contributed by atoms with Gasteiger partial charge in [-0.1, -0.05) is 11.6 Å². The fourth-order valence-electron chi connectivity index (χ4n) is 1.47. The number of aromatic nitrogens is 3. The minimum atomic E-state index is -0.270. The van der Waals surface area contributed by atoms with Gasteiger partial charge in [-0.3, -0.25) is 4.68 Å². The van der Waals surface area contributed by atoms with E-state index in [1.54, 1.807) is 16.9 Å². The Hall–Kier alpha value is -1.29. The number of hydrogen-bond donors (Lipinski definition) is 0. The summed E-state index contributed by atoms with van der Waals surface area (Å²) in [5, 5.41) is 5.43. The monoisotopic (exact) mass is 239 g/mol. The molecular formula is C11H14ClN3O. The average Bonchev–Trinajstić information content (AvgIpc) is 2.45. The smallest absolute Gasteiger partial charge is 0.162 e. The van der Waals surface area contributed by atoms with Crippen LogP contribution in [-0.2, 0) is 7.05 Å². The molecule has 2 aromatic heterocycles. The standard InChI is InChI=1S/C11H14ClN3O/c1-11(2,3)16-8-5-9(12)14-10-7(8)6-13-15(10)4/h5-6H,1-4H3. The van der Waals surface area contributed by atoms with Gasteiger partial charge in [0.25, 0.3) is 0 Å². The number of aryl methyl sites for hydroxylation is 1. The average molecular weight is 240 g/mol. The highest BCUT2D eigenvalue weighted by Crippen LogP contribution is 2.29. The first-order valence-electron chi connectivity index (χ1n) is 5.04. The molecule has 0 amide bonds. The van der Waals surface area contributed by atoms with Crippen molar-refractivity contribution in [2.24, 2.45) is 7.05 Å². The van der Waals surface area contributed by atoms with Crippen molar-refractivity contribution in [3.05, 3.63) is 17.4 Å². The highest BCUT2D eigenvalue weighted by atomic mass is 35.5. The van der Waals surface area contributed by atoms with Gasteiger partial charge in [-0.2, -0.15) is 5.10 Å². The summed E-state index contributed by atoms with van der Waals surface area (Å²) >= 11 is 5.95. The Morgan fingerprint density at radius 2 is 2.06 bits per heavy atom. The van der Waals surface area contributed by atoms with E-state index in [0.717, 1.165) is 16.8 Å². The van der Waals surface area contributed by atoms with Gasteiger partial charge in [0.05, 0.1) is 11.6 Å². The molecule has 0 fully saturated rings. The molecule has 0 aliphatic rings. The zero-order valence-electron chi connectivity index (χ0n) is 9.78. The highest BCUT2D eigenvalue weighted by molar-refractivity contribution is 6.30. The van der Waals surface area contributed by atoms with E-state index in [0.29, 0.717) is 5.15 Å². The molecule has 2 rings (SSSR count). The SMILES string of the molecule is Cn1ncc2c(OC(C)(C)C)cc(Cl)nc21. The summed E-state index contributed by atoms with van der Waals surface area (Å²) in [5.74, 6) is 0.718. The van der Waals surface area contributed by atoms with E-state index in [4.69, 9.17) is 16.3 Å². The van der Waals surface area contributed by atoms with Gasteiger partial charge in [0.2, 0.25) is 0 Å². The summed E-state index contributed by atoms with van der Waals surface area (Å²) in [6.45, 7) is 5.97. The third-order valence-electron chi connectivity index (χ3n) is 2.05. The Bertz CT molecular complexity index is 528. The highest BCUT2D eigenvalue weighted by Gasteiger charge is 2.16. The van der Waals surface area contributed by atoms with Gasteiger partial charge in [0, 0.05) is 13.1 Å². The van der Waals surface area contributed by atoms with E-state index in [9.17, 15) is 0 Å². The lowest BCUT2D eigenvalue weighted by Gasteiger charge is -2.21. The maximum absolute atomic E-state index is 5.95. The predicted octanol–water partition coefficient (Wildman–Crippen LogP) is 2.80. The Kier molecular flexibility index (Phi) is 2.54. The molecule has 16 heavy (non-hydrogen) atoms. The van der Waals surface area contributed by atoms with Crippen molar-refractivity contribution in [1.82, 2.24) is 14.8 Å². The fourth-order valence-corrected chi connectivity index (χ4v) is 1.65. The summed E-state index contributed by atoms with van der Waals surface area (Å²) in [4.78, 5) is 4.21. The molecule has 0 bridgehead atoms. The second-order valence-electron chi connectivity index (χ2n) is 4.66. The maximum Gasteiger partial charge on any atom is 0.162 e. The quantitative estimate of drug-likeness (QED) is 0.719. The second-order valence-corrected chi connectivity index (χ2v) is 5.05. The number of rotatable bonds is 1. The topological polar surface area (TPSA) is 39.9 Å². The Balaban J connectivity index is 2.60. The normalized spacial score (nSPS) is 12.1. The van der Waals surface area contributed by atoms with Gasteiger partial charge in [-0.25, -0.2) is 4.98 Å². The number of nitrogens with zero attached hydrogens (tertiary/aromatic N) is 3. The van der Waals surface area contributed by atoms with Crippen molar-refractivity contribution in [3.63, 3.8) is 0 Å². The van der Waals surface area contributed by atoms with Gasteiger partial charge < -0.3 is 4.74 Å². The van der Waals surface area contributed by atoms with E-state index in [2.05, 4.69) is 10.1 Å². The van der Waals surface area contributed by atoms with Crippen LogP contribution in [0.3, 0.4) is 0 Å². The van der Waals surface area contributed by atoms with Crippen LogP contribution in [0.5, 0.6) is 5.75 Å². The molecule has 0 aliphatic carbocycles. The fraction of sp³-hybridized carbons (Fsp3) is 0.455. The van der Waals surface area contributed by atoms with Gasteiger partial charge >= 0.3 is 0 Å². The molecular weight excluding hydrogens is 226 g/mol. The predicted molar refractivity (Wildman–Crippen MR) is 63.9 cm³/mol. The van der Waals surface area contributed by atoms with E-state index in [-0.39, 0.29) is 5.60 Å². The number of pyridine rings is 1. The minimum absolute atomic E-state index is 0.270. The Morgan fingerprint density at radius 3 is 2.69 bits per heavy atom. The van der Waals surface area contributed by atoms with Gasteiger partial charge in [-0.15, -0.1) is 0 Å². The molecule has 5 heteroatoms. The van der Waals surface area contributed by atoms with Crippen LogP contribution in [0.2, 0.25) is 5.15 Å². The largest absolute Gasteiger partial charge is 0.487 e. The summed E-state index contributed by atoms with van der Waals surface area (Å²) in [5.41, 5.74) is 0.458. The molecule has 0 spiro atoms. The molecule has 0 saturated carbocycles. The zero-order valence-corrected chi connectivity index (χ0v) is 10.5. The Labute approximate surface area is 99.2 Å². The molecule has 0 N–H and O–H groups in total. The molecule has 0 radical (unpaired) electrons. The first kappa shape index (κ1) is 11.2. The molecule has 0 saturated heterocycles.